The summed E-state index contributed by atoms with van der Waals surface area (Å²) in [5.74, 6) is -0.785. The lowest BCUT2D eigenvalue weighted by Crippen LogP contribution is -2.36. The van der Waals surface area contributed by atoms with Crippen molar-refractivity contribution in [3.8, 4) is 5.75 Å². The van der Waals surface area contributed by atoms with Crippen molar-refractivity contribution in [2.45, 2.75) is 38.2 Å². The molecule has 0 unspecified atom stereocenters. The number of nitrogens with one attached hydrogen (secondary N) is 1. The summed E-state index contributed by atoms with van der Waals surface area (Å²) in [4.78, 5) is 38.4. The first-order valence-corrected chi connectivity index (χ1v) is 12.7. The molecule has 1 aliphatic heterocycles. The topological polar surface area (TPSA) is 108 Å². The number of hydrogen-bond donors (Lipinski definition) is 1. The number of rotatable bonds is 7. The standard InChI is InChI=1S/C31H28N2O6/c1-19-28(31(35)39-18-20-7-4-3-5-8-20)29(22-9-6-10-24(15-22)33(36)37)30-26(32-19)16-23(17-27(30)34)21-11-13-25(38-2)14-12-21/h3-15,23,29,32H,16-18H2,1-2H3/t23-,29-/m0/s1. The SMILES string of the molecule is COc1ccc([C@@H]2CC(=O)C3=C(C2)NC(C)=C(C(=O)OCc2ccccc2)[C@@H]3c2cccc([N+](=O)[O-])c2)cc1. The molecule has 0 fully saturated rings. The normalized spacial score (nSPS) is 18.8. The third-order valence-electron chi connectivity index (χ3n) is 7.26. The number of benzene rings is 3. The molecule has 0 bridgehead atoms. The highest BCUT2D eigenvalue weighted by molar-refractivity contribution is 6.04. The van der Waals surface area contributed by atoms with Crippen LogP contribution in [0.25, 0.3) is 0 Å². The van der Waals surface area contributed by atoms with E-state index in [4.69, 9.17) is 9.47 Å². The van der Waals surface area contributed by atoms with Crippen molar-refractivity contribution in [3.63, 3.8) is 0 Å². The number of nitro groups is 1. The lowest BCUT2D eigenvalue weighted by Gasteiger charge is -2.36. The van der Waals surface area contributed by atoms with Gasteiger partial charge in [0.1, 0.15) is 12.4 Å². The second-order valence-electron chi connectivity index (χ2n) is 9.70. The van der Waals surface area contributed by atoms with Crippen LogP contribution in [0.5, 0.6) is 5.75 Å². The second-order valence-corrected chi connectivity index (χ2v) is 9.70. The van der Waals surface area contributed by atoms with Gasteiger partial charge in [0, 0.05) is 41.4 Å². The summed E-state index contributed by atoms with van der Waals surface area (Å²) in [6, 6.07) is 23.1. The fourth-order valence-electron chi connectivity index (χ4n) is 5.37. The van der Waals surface area contributed by atoms with E-state index in [-0.39, 0.29) is 36.0 Å². The minimum atomic E-state index is -0.784. The van der Waals surface area contributed by atoms with E-state index in [0.29, 0.717) is 23.3 Å². The van der Waals surface area contributed by atoms with Crippen molar-refractivity contribution in [1.82, 2.24) is 5.32 Å². The minimum absolute atomic E-state index is 0.0557. The molecule has 0 saturated heterocycles. The van der Waals surface area contributed by atoms with Gasteiger partial charge >= 0.3 is 5.97 Å². The fraction of sp³-hybridized carbons (Fsp3) is 0.226. The van der Waals surface area contributed by atoms with Gasteiger partial charge in [-0.05, 0) is 48.1 Å². The Kier molecular flexibility index (Phi) is 7.27. The molecule has 3 aromatic carbocycles. The highest BCUT2D eigenvalue weighted by Gasteiger charge is 2.41. The highest BCUT2D eigenvalue weighted by atomic mass is 16.6. The summed E-state index contributed by atoms with van der Waals surface area (Å²) in [7, 11) is 1.60. The molecule has 8 nitrogen and oxygen atoms in total. The Morgan fingerprint density at radius 2 is 1.74 bits per heavy atom. The maximum absolute atomic E-state index is 13.8. The number of nitro benzene ring substituents is 1. The molecule has 198 valence electrons. The summed E-state index contributed by atoms with van der Waals surface area (Å²) in [6.07, 6.45) is 0.812. The van der Waals surface area contributed by atoms with Crippen LogP contribution in [-0.4, -0.2) is 23.8 Å². The first-order chi connectivity index (χ1) is 18.9. The Morgan fingerprint density at radius 3 is 2.44 bits per heavy atom. The van der Waals surface area contributed by atoms with Gasteiger partial charge in [-0.2, -0.15) is 0 Å². The second kappa shape index (κ2) is 10.9. The molecule has 1 aliphatic carbocycles. The Balaban J connectivity index is 1.53. The van der Waals surface area contributed by atoms with Crippen LogP contribution < -0.4 is 10.1 Å². The van der Waals surface area contributed by atoms with Crippen LogP contribution >= 0.6 is 0 Å². The molecular weight excluding hydrogens is 496 g/mol. The predicted octanol–water partition coefficient (Wildman–Crippen LogP) is 5.71. The highest BCUT2D eigenvalue weighted by Crippen LogP contribution is 2.46. The van der Waals surface area contributed by atoms with E-state index in [0.717, 1.165) is 22.6 Å². The Bertz CT molecular complexity index is 1490. The number of dihydropyridines is 1. The van der Waals surface area contributed by atoms with Crippen molar-refractivity contribution in [3.05, 3.63) is 128 Å². The van der Waals surface area contributed by atoms with E-state index in [9.17, 15) is 19.7 Å². The van der Waals surface area contributed by atoms with Crippen molar-refractivity contribution >= 4 is 17.4 Å². The number of hydrogen-bond acceptors (Lipinski definition) is 7. The van der Waals surface area contributed by atoms with Crippen LogP contribution in [0.2, 0.25) is 0 Å². The molecule has 0 saturated carbocycles. The molecule has 0 amide bonds. The van der Waals surface area contributed by atoms with Gasteiger partial charge in [0.15, 0.2) is 5.78 Å². The van der Waals surface area contributed by atoms with Crippen molar-refractivity contribution in [2.75, 3.05) is 7.11 Å². The molecule has 3 aromatic rings. The lowest BCUT2D eigenvalue weighted by atomic mass is 9.71. The number of allylic oxidation sites excluding steroid dienone is 3. The first kappa shape index (κ1) is 25.9. The monoisotopic (exact) mass is 524 g/mol. The van der Waals surface area contributed by atoms with Crippen LogP contribution in [-0.2, 0) is 20.9 Å². The zero-order valence-corrected chi connectivity index (χ0v) is 21.7. The number of esters is 1. The number of nitrogens with zero attached hydrogens (tertiary/aromatic N) is 1. The third kappa shape index (κ3) is 5.31. The Hall–Kier alpha value is -4.72. The average Bonchev–Trinajstić information content (AvgIpc) is 2.95. The van der Waals surface area contributed by atoms with Crippen molar-refractivity contribution < 1.29 is 24.0 Å². The van der Waals surface area contributed by atoms with Crippen LogP contribution in [0.3, 0.4) is 0 Å². The molecule has 5 rings (SSSR count). The number of carbonyl (C=O) groups excluding carboxylic acids is 2. The molecule has 39 heavy (non-hydrogen) atoms. The number of ketones is 1. The molecule has 2 aliphatic rings. The summed E-state index contributed by atoms with van der Waals surface area (Å²) < 4.78 is 10.9. The Morgan fingerprint density at radius 1 is 1.00 bits per heavy atom. The van der Waals surface area contributed by atoms with E-state index in [1.54, 1.807) is 26.2 Å². The van der Waals surface area contributed by atoms with Crippen molar-refractivity contribution in [2.24, 2.45) is 0 Å². The number of Topliss-reactive ketones (excluding diaryl/α,β-unsaturated/α-hetero) is 1. The molecule has 0 aromatic heterocycles. The van der Waals surface area contributed by atoms with E-state index in [1.807, 2.05) is 54.6 Å². The van der Waals surface area contributed by atoms with E-state index < -0.39 is 16.8 Å². The van der Waals surface area contributed by atoms with Gasteiger partial charge < -0.3 is 14.8 Å². The maximum atomic E-state index is 13.8. The predicted molar refractivity (Wildman–Crippen MR) is 145 cm³/mol. The molecular formula is C31H28N2O6. The molecule has 0 spiro atoms. The quantitative estimate of drug-likeness (QED) is 0.240. The van der Waals surface area contributed by atoms with Crippen LogP contribution in [0.15, 0.2) is 101 Å². The summed E-state index contributed by atoms with van der Waals surface area (Å²) in [6.45, 7) is 1.84. The zero-order valence-electron chi connectivity index (χ0n) is 21.7. The molecule has 0 radical (unpaired) electrons. The van der Waals surface area contributed by atoms with Gasteiger partial charge in [-0.25, -0.2) is 4.79 Å². The van der Waals surface area contributed by atoms with E-state index in [2.05, 4.69) is 5.32 Å². The van der Waals surface area contributed by atoms with Crippen LogP contribution in [0.4, 0.5) is 5.69 Å². The number of methoxy groups -OCH3 is 1. The van der Waals surface area contributed by atoms with Gasteiger partial charge in [0.2, 0.25) is 0 Å². The van der Waals surface area contributed by atoms with Gasteiger partial charge in [-0.1, -0.05) is 54.6 Å². The van der Waals surface area contributed by atoms with Crippen LogP contribution in [0, 0.1) is 10.1 Å². The number of carbonyl (C=O) groups is 2. The Labute approximate surface area is 226 Å². The van der Waals surface area contributed by atoms with Gasteiger partial charge in [-0.3, -0.25) is 14.9 Å². The maximum Gasteiger partial charge on any atom is 0.337 e. The van der Waals surface area contributed by atoms with Gasteiger partial charge in [0.05, 0.1) is 17.6 Å². The first-order valence-electron chi connectivity index (χ1n) is 12.7. The summed E-state index contributed by atoms with van der Waals surface area (Å²) in [5, 5.41) is 14.9. The molecule has 1 N–H and O–H groups in total. The number of non-ortho nitro benzene ring substituents is 1. The average molecular weight is 525 g/mol. The number of ether oxygens (including phenoxy) is 2. The summed E-state index contributed by atoms with van der Waals surface area (Å²) >= 11 is 0. The minimum Gasteiger partial charge on any atom is -0.497 e. The zero-order chi connectivity index (χ0) is 27.5. The summed E-state index contributed by atoms with van der Waals surface area (Å²) in [5.41, 5.74) is 4.25. The van der Waals surface area contributed by atoms with Gasteiger partial charge in [0.25, 0.3) is 5.69 Å². The van der Waals surface area contributed by atoms with Crippen LogP contribution in [0.1, 0.15) is 48.3 Å². The molecule has 1 heterocycles. The van der Waals surface area contributed by atoms with E-state index in [1.165, 1.54) is 12.1 Å². The smallest absolute Gasteiger partial charge is 0.337 e. The molecule has 8 heteroatoms. The third-order valence-corrected chi connectivity index (χ3v) is 7.26. The van der Waals surface area contributed by atoms with Crippen molar-refractivity contribution in [1.29, 1.82) is 0 Å². The fourth-order valence-corrected chi connectivity index (χ4v) is 5.37. The largest absolute Gasteiger partial charge is 0.497 e. The molecule has 2 atom stereocenters. The van der Waals surface area contributed by atoms with Gasteiger partial charge in [-0.15, -0.1) is 0 Å². The lowest BCUT2D eigenvalue weighted by molar-refractivity contribution is -0.384. The van der Waals surface area contributed by atoms with E-state index >= 15 is 0 Å².